The van der Waals surface area contributed by atoms with Crippen molar-refractivity contribution in [2.45, 2.75) is 40.0 Å². The van der Waals surface area contributed by atoms with Crippen LogP contribution in [0.25, 0.3) is 0 Å². The summed E-state index contributed by atoms with van der Waals surface area (Å²) in [7, 11) is 0. The minimum absolute atomic E-state index is 0.0634. The molecule has 11 heavy (non-hydrogen) atoms. The molecule has 0 heterocycles. The van der Waals surface area contributed by atoms with Gasteiger partial charge in [0.1, 0.15) is 5.78 Å². The number of unbranched alkanes of at least 4 members (excludes halogenated alkanes) is 1. The van der Waals surface area contributed by atoms with Crippen molar-refractivity contribution >= 4 is 5.78 Å². The Labute approximate surface area is 69.2 Å². The van der Waals surface area contributed by atoms with Crippen molar-refractivity contribution in [3.05, 3.63) is 0 Å². The smallest absolute Gasteiger partial charge is 0.147 e. The summed E-state index contributed by atoms with van der Waals surface area (Å²) >= 11 is 0. The van der Waals surface area contributed by atoms with Crippen LogP contribution in [-0.2, 0) is 4.79 Å². The number of carbonyl (C=O) groups excluding carboxylic acids is 1. The van der Waals surface area contributed by atoms with Gasteiger partial charge < -0.3 is 0 Å². The maximum absolute atomic E-state index is 11.2. The molecule has 0 aromatic carbocycles. The van der Waals surface area contributed by atoms with Gasteiger partial charge in [-0.25, -0.2) is 0 Å². The quantitative estimate of drug-likeness (QED) is 0.565. The van der Waals surface area contributed by atoms with Crippen LogP contribution in [0.15, 0.2) is 0 Å². The number of hydrogen-bond donors (Lipinski definition) is 0. The lowest BCUT2D eigenvalue weighted by Gasteiger charge is -2.00. The fourth-order valence-electron chi connectivity index (χ4n) is 0.865. The molecule has 0 saturated carbocycles. The Bertz CT molecular complexity index is 171. The summed E-state index contributed by atoms with van der Waals surface area (Å²) in [6.45, 7) is 5.72. The van der Waals surface area contributed by atoms with Crippen LogP contribution >= 0.6 is 0 Å². The first kappa shape index (κ1) is 10.2. The summed E-state index contributed by atoms with van der Waals surface area (Å²) < 4.78 is 0. The summed E-state index contributed by atoms with van der Waals surface area (Å²) in [6.07, 6.45) is 2.76. The molecule has 0 rings (SSSR count). The lowest BCUT2D eigenvalue weighted by atomic mass is 10.0. The van der Waals surface area contributed by atoms with Crippen LogP contribution in [0.5, 0.6) is 0 Å². The minimum atomic E-state index is -0.0634. The Kier molecular flexibility index (Phi) is 5.56. The van der Waals surface area contributed by atoms with Crippen LogP contribution in [0.3, 0.4) is 0 Å². The first-order valence-electron chi connectivity index (χ1n) is 4.17. The predicted molar refractivity (Wildman–Crippen MR) is 47.1 cm³/mol. The predicted octanol–water partition coefficient (Wildman–Crippen LogP) is 2.41. The number of carbonyl (C=O) groups is 1. The van der Waals surface area contributed by atoms with Gasteiger partial charge >= 0.3 is 0 Å². The highest BCUT2D eigenvalue weighted by molar-refractivity contribution is 5.83. The lowest BCUT2D eigenvalue weighted by Crippen LogP contribution is -2.07. The zero-order chi connectivity index (χ0) is 8.69. The van der Waals surface area contributed by atoms with E-state index in [1.54, 1.807) is 6.92 Å². The van der Waals surface area contributed by atoms with E-state index < -0.39 is 0 Å². The van der Waals surface area contributed by atoms with Crippen molar-refractivity contribution in [3.8, 4) is 11.8 Å². The molecule has 0 spiro atoms. The van der Waals surface area contributed by atoms with E-state index in [9.17, 15) is 4.79 Å². The van der Waals surface area contributed by atoms with Crippen molar-refractivity contribution in [2.75, 3.05) is 0 Å². The molecular formula is C10H16O. The summed E-state index contributed by atoms with van der Waals surface area (Å²) in [6, 6.07) is 0. The van der Waals surface area contributed by atoms with Crippen molar-refractivity contribution in [2.24, 2.45) is 5.92 Å². The zero-order valence-electron chi connectivity index (χ0n) is 7.61. The third-order valence-corrected chi connectivity index (χ3v) is 1.62. The molecule has 62 valence electrons. The van der Waals surface area contributed by atoms with Crippen LogP contribution in [0, 0.1) is 17.8 Å². The molecule has 1 unspecified atom stereocenters. The Morgan fingerprint density at radius 2 is 2.18 bits per heavy atom. The Balaban J connectivity index is 3.70. The van der Waals surface area contributed by atoms with E-state index in [0.29, 0.717) is 6.42 Å². The van der Waals surface area contributed by atoms with Gasteiger partial charge in [0.05, 0.1) is 5.92 Å². The van der Waals surface area contributed by atoms with Gasteiger partial charge in [0.2, 0.25) is 0 Å². The second kappa shape index (κ2) is 5.97. The molecule has 0 saturated heterocycles. The highest BCUT2D eigenvalue weighted by Crippen LogP contribution is 2.03. The molecule has 0 N–H and O–H groups in total. The van der Waals surface area contributed by atoms with Gasteiger partial charge in [-0.05, 0) is 20.3 Å². The molecule has 0 aromatic rings. The molecule has 0 aliphatic heterocycles. The fourth-order valence-corrected chi connectivity index (χ4v) is 0.865. The molecule has 1 nitrogen and oxygen atoms in total. The van der Waals surface area contributed by atoms with E-state index in [4.69, 9.17) is 0 Å². The van der Waals surface area contributed by atoms with E-state index in [0.717, 1.165) is 12.8 Å². The van der Waals surface area contributed by atoms with Crippen molar-refractivity contribution in [3.63, 3.8) is 0 Å². The standard InChI is InChI=1S/C10H16O/c1-4-6-8-10(11)9(3)7-5-2/h9H,4,6,8H2,1-3H3. The molecule has 0 aromatic heterocycles. The van der Waals surface area contributed by atoms with E-state index in [1.165, 1.54) is 0 Å². The molecule has 0 amide bonds. The van der Waals surface area contributed by atoms with Crippen molar-refractivity contribution < 1.29 is 4.79 Å². The van der Waals surface area contributed by atoms with Gasteiger partial charge in [-0.2, -0.15) is 0 Å². The van der Waals surface area contributed by atoms with E-state index in [1.807, 2.05) is 6.92 Å². The normalized spacial score (nSPS) is 11.5. The monoisotopic (exact) mass is 152 g/mol. The lowest BCUT2D eigenvalue weighted by molar-refractivity contribution is -0.120. The highest BCUT2D eigenvalue weighted by Gasteiger charge is 2.07. The number of Topliss-reactive ketones (excluding diaryl/α,β-unsaturated/α-hetero) is 1. The average molecular weight is 152 g/mol. The van der Waals surface area contributed by atoms with Crippen LogP contribution in [0.2, 0.25) is 0 Å². The highest BCUT2D eigenvalue weighted by atomic mass is 16.1. The van der Waals surface area contributed by atoms with E-state index in [-0.39, 0.29) is 11.7 Å². The van der Waals surface area contributed by atoms with Crippen LogP contribution in [-0.4, -0.2) is 5.78 Å². The van der Waals surface area contributed by atoms with Gasteiger partial charge in [-0.1, -0.05) is 19.3 Å². The third-order valence-electron chi connectivity index (χ3n) is 1.62. The van der Waals surface area contributed by atoms with Crippen LogP contribution in [0.4, 0.5) is 0 Å². The number of ketones is 1. The molecule has 0 fully saturated rings. The van der Waals surface area contributed by atoms with Gasteiger partial charge in [-0.3, -0.25) is 4.79 Å². The summed E-state index contributed by atoms with van der Waals surface area (Å²) in [5.74, 6) is 5.82. The van der Waals surface area contributed by atoms with Gasteiger partial charge in [0.15, 0.2) is 0 Å². The summed E-state index contributed by atoms with van der Waals surface area (Å²) in [4.78, 5) is 11.2. The molecule has 1 heteroatoms. The Morgan fingerprint density at radius 1 is 1.55 bits per heavy atom. The SMILES string of the molecule is CC#CC(C)C(=O)CCCC. The largest absolute Gasteiger partial charge is 0.298 e. The van der Waals surface area contributed by atoms with E-state index in [2.05, 4.69) is 18.8 Å². The molecule has 0 bridgehead atoms. The summed E-state index contributed by atoms with van der Waals surface area (Å²) in [5, 5.41) is 0. The molecule has 1 atom stereocenters. The Morgan fingerprint density at radius 3 is 2.64 bits per heavy atom. The van der Waals surface area contributed by atoms with Gasteiger partial charge in [-0.15, -0.1) is 5.92 Å². The average Bonchev–Trinajstić information content (AvgIpc) is 2.00. The number of hydrogen-bond acceptors (Lipinski definition) is 1. The molecular weight excluding hydrogens is 136 g/mol. The van der Waals surface area contributed by atoms with Crippen molar-refractivity contribution in [1.82, 2.24) is 0 Å². The fraction of sp³-hybridized carbons (Fsp3) is 0.700. The van der Waals surface area contributed by atoms with Crippen molar-refractivity contribution in [1.29, 1.82) is 0 Å². The Hall–Kier alpha value is -0.770. The second-order valence-corrected chi connectivity index (χ2v) is 2.69. The van der Waals surface area contributed by atoms with Crippen LogP contribution < -0.4 is 0 Å². The first-order chi connectivity index (χ1) is 5.22. The van der Waals surface area contributed by atoms with Gasteiger partial charge in [0, 0.05) is 6.42 Å². The molecule has 0 aliphatic carbocycles. The molecule has 0 aliphatic rings. The zero-order valence-corrected chi connectivity index (χ0v) is 7.61. The minimum Gasteiger partial charge on any atom is -0.298 e. The van der Waals surface area contributed by atoms with E-state index >= 15 is 0 Å². The third kappa shape index (κ3) is 4.61. The first-order valence-corrected chi connectivity index (χ1v) is 4.17. The second-order valence-electron chi connectivity index (χ2n) is 2.69. The maximum atomic E-state index is 11.2. The molecule has 0 radical (unpaired) electrons. The number of rotatable bonds is 4. The van der Waals surface area contributed by atoms with Crippen LogP contribution in [0.1, 0.15) is 40.0 Å². The van der Waals surface area contributed by atoms with Gasteiger partial charge in [0.25, 0.3) is 0 Å². The maximum Gasteiger partial charge on any atom is 0.147 e. The topological polar surface area (TPSA) is 17.1 Å². The summed E-state index contributed by atoms with van der Waals surface area (Å²) in [5.41, 5.74) is 0.